The summed E-state index contributed by atoms with van der Waals surface area (Å²) in [7, 11) is 0. The van der Waals surface area contributed by atoms with E-state index in [1.54, 1.807) is 0 Å². The Kier molecular flexibility index (Phi) is 5.94. The molecule has 2 rings (SSSR count). The second-order valence-corrected chi connectivity index (χ2v) is 7.41. The van der Waals surface area contributed by atoms with Gasteiger partial charge in [-0.1, -0.05) is 30.3 Å². The second-order valence-electron chi connectivity index (χ2n) is 5.73. The molecule has 21 heavy (non-hydrogen) atoms. The summed E-state index contributed by atoms with van der Waals surface area (Å²) in [4.78, 5) is 11.7. The molecule has 1 aromatic carbocycles. The Hall–Kier alpha value is -1.20. The van der Waals surface area contributed by atoms with E-state index in [2.05, 4.69) is 17.6 Å². The molecule has 2 amide bonds. The lowest BCUT2D eigenvalue weighted by molar-refractivity contribution is 0.167. The van der Waals surface area contributed by atoms with Gasteiger partial charge in [-0.3, -0.25) is 0 Å². The number of hydrogen-bond acceptors (Lipinski definition) is 3. The fourth-order valence-electron chi connectivity index (χ4n) is 2.47. The molecular formula is C16H24N2O2S. The van der Waals surface area contributed by atoms with Gasteiger partial charge in [0.05, 0.1) is 6.10 Å². The first-order chi connectivity index (χ1) is 10.1. The predicted molar refractivity (Wildman–Crippen MR) is 87.5 cm³/mol. The molecule has 0 spiro atoms. The van der Waals surface area contributed by atoms with Crippen molar-refractivity contribution in [2.45, 2.75) is 37.0 Å². The van der Waals surface area contributed by atoms with E-state index in [1.165, 1.54) is 12.2 Å². The van der Waals surface area contributed by atoms with E-state index in [0.717, 1.165) is 12.0 Å². The molecule has 0 radical (unpaired) electrons. The zero-order chi connectivity index (χ0) is 15.1. The van der Waals surface area contributed by atoms with Crippen molar-refractivity contribution in [3.8, 4) is 0 Å². The number of benzene rings is 1. The number of carbonyl (C=O) groups is 1. The SMILES string of the molecule is CC1(CNC(=O)NCCC(O)c2ccccc2)CCCS1. The highest BCUT2D eigenvalue weighted by molar-refractivity contribution is 8.00. The van der Waals surface area contributed by atoms with Gasteiger partial charge in [-0.05, 0) is 37.5 Å². The van der Waals surface area contributed by atoms with Crippen LogP contribution in [0, 0.1) is 0 Å². The van der Waals surface area contributed by atoms with E-state index in [-0.39, 0.29) is 10.8 Å². The van der Waals surface area contributed by atoms with Crippen LogP contribution in [-0.4, -0.2) is 34.7 Å². The quantitative estimate of drug-likeness (QED) is 0.757. The monoisotopic (exact) mass is 308 g/mol. The van der Waals surface area contributed by atoms with Crippen molar-refractivity contribution in [2.24, 2.45) is 0 Å². The molecule has 5 heteroatoms. The zero-order valence-electron chi connectivity index (χ0n) is 12.5. The molecule has 1 aliphatic heterocycles. The lowest BCUT2D eigenvalue weighted by Gasteiger charge is -2.23. The number of nitrogens with one attached hydrogen (secondary N) is 2. The van der Waals surface area contributed by atoms with E-state index >= 15 is 0 Å². The lowest BCUT2D eigenvalue weighted by atomic mass is 10.1. The van der Waals surface area contributed by atoms with Crippen molar-refractivity contribution in [3.05, 3.63) is 35.9 Å². The van der Waals surface area contributed by atoms with Crippen molar-refractivity contribution in [1.29, 1.82) is 0 Å². The summed E-state index contributed by atoms with van der Waals surface area (Å²) in [6.45, 7) is 3.36. The number of carbonyl (C=O) groups excluding carboxylic acids is 1. The molecule has 2 atom stereocenters. The van der Waals surface area contributed by atoms with E-state index in [0.29, 0.717) is 19.5 Å². The molecule has 116 valence electrons. The number of thioether (sulfide) groups is 1. The summed E-state index contributed by atoms with van der Waals surface area (Å²) in [5.74, 6) is 1.18. The summed E-state index contributed by atoms with van der Waals surface area (Å²) in [5, 5.41) is 15.7. The molecule has 1 aromatic rings. The number of aliphatic hydroxyl groups is 1. The van der Waals surface area contributed by atoms with Crippen molar-refractivity contribution in [3.63, 3.8) is 0 Å². The van der Waals surface area contributed by atoms with E-state index in [4.69, 9.17) is 0 Å². The molecule has 1 aliphatic rings. The predicted octanol–water partition coefficient (Wildman–Crippen LogP) is 2.70. The van der Waals surface area contributed by atoms with Crippen molar-refractivity contribution >= 4 is 17.8 Å². The first kappa shape index (κ1) is 16.2. The Bertz CT molecular complexity index is 447. The van der Waals surface area contributed by atoms with E-state index in [1.807, 2.05) is 42.1 Å². The molecule has 0 bridgehead atoms. The van der Waals surface area contributed by atoms with Crippen molar-refractivity contribution in [1.82, 2.24) is 10.6 Å². The Morgan fingerprint density at radius 3 is 2.81 bits per heavy atom. The number of aliphatic hydroxyl groups excluding tert-OH is 1. The van der Waals surface area contributed by atoms with Gasteiger partial charge in [-0.25, -0.2) is 4.79 Å². The van der Waals surface area contributed by atoms with E-state index in [9.17, 15) is 9.90 Å². The van der Waals surface area contributed by atoms with Crippen LogP contribution in [0.2, 0.25) is 0 Å². The first-order valence-electron chi connectivity index (χ1n) is 7.48. The van der Waals surface area contributed by atoms with Gasteiger partial charge in [0.25, 0.3) is 0 Å². The number of amides is 2. The minimum atomic E-state index is -0.533. The standard InChI is InChI=1S/C16H24N2O2S/c1-16(9-5-11-21-16)12-18-15(20)17-10-8-14(19)13-6-3-2-4-7-13/h2-4,6-7,14,19H,5,8-12H2,1H3,(H2,17,18,20). The third kappa shape index (κ3) is 5.25. The molecule has 0 aliphatic carbocycles. The molecule has 0 saturated carbocycles. The van der Waals surface area contributed by atoms with Gasteiger partial charge in [-0.2, -0.15) is 11.8 Å². The highest BCUT2D eigenvalue weighted by atomic mass is 32.2. The van der Waals surface area contributed by atoms with Gasteiger partial charge in [-0.15, -0.1) is 0 Å². The van der Waals surface area contributed by atoms with E-state index < -0.39 is 6.10 Å². The van der Waals surface area contributed by atoms with Crippen molar-refractivity contribution in [2.75, 3.05) is 18.8 Å². The fraction of sp³-hybridized carbons (Fsp3) is 0.562. The smallest absolute Gasteiger partial charge is 0.314 e. The Morgan fingerprint density at radius 1 is 1.38 bits per heavy atom. The van der Waals surface area contributed by atoms with Crippen LogP contribution in [0.4, 0.5) is 4.79 Å². The van der Waals surface area contributed by atoms with Crippen molar-refractivity contribution < 1.29 is 9.90 Å². The summed E-state index contributed by atoms with van der Waals surface area (Å²) < 4.78 is 0.181. The number of hydrogen-bond donors (Lipinski definition) is 3. The van der Waals surface area contributed by atoms with Crippen LogP contribution in [-0.2, 0) is 0 Å². The molecule has 1 heterocycles. The highest BCUT2D eigenvalue weighted by Crippen LogP contribution is 2.36. The lowest BCUT2D eigenvalue weighted by Crippen LogP contribution is -2.42. The minimum Gasteiger partial charge on any atom is -0.388 e. The largest absolute Gasteiger partial charge is 0.388 e. The van der Waals surface area contributed by atoms with Gasteiger partial charge >= 0.3 is 6.03 Å². The van der Waals surface area contributed by atoms with Gasteiger partial charge in [0, 0.05) is 17.8 Å². The summed E-state index contributed by atoms with van der Waals surface area (Å²) in [6, 6.07) is 9.36. The van der Waals surface area contributed by atoms with Crippen LogP contribution in [0.15, 0.2) is 30.3 Å². The Morgan fingerprint density at radius 2 is 2.14 bits per heavy atom. The fourth-order valence-corrected chi connectivity index (χ4v) is 3.71. The summed E-state index contributed by atoms with van der Waals surface area (Å²) >= 11 is 1.93. The van der Waals surface area contributed by atoms with Crippen LogP contribution >= 0.6 is 11.8 Å². The maximum atomic E-state index is 11.7. The molecule has 3 N–H and O–H groups in total. The Labute approximate surface area is 130 Å². The molecule has 1 saturated heterocycles. The maximum Gasteiger partial charge on any atom is 0.314 e. The van der Waals surface area contributed by atoms with Crippen LogP contribution in [0.1, 0.15) is 37.9 Å². The minimum absolute atomic E-state index is 0.149. The average molecular weight is 308 g/mol. The van der Waals surface area contributed by atoms with Crippen LogP contribution in [0.25, 0.3) is 0 Å². The highest BCUT2D eigenvalue weighted by Gasteiger charge is 2.29. The maximum absolute atomic E-state index is 11.7. The van der Waals surface area contributed by atoms with Gasteiger partial charge in [0.15, 0.2) is 0 Å². The van der Waals surface area contributed by atoms with Gasteiger partial charge in [0.1, 0.15) is 0 Å². The number of rotatable bonds is 6. The topological polar surface area (TPSA) is 61.4 Å². The van der Waals surface area contributed by atoms with Crippen LogP contribution < -0.4 is 10.6 Å². The van der Waals surface area contributed by atoms with Gasteiger partial charge in [0.2, 0.25) is 0 Å². The molecular weight excluding hydrogens is 284 g/mol. The first-order valence-corrected chi connectivity index (χ1v) is 8.46. The molecule has 4 nitrogen and oxygen atoms in total. The third-order valence-electron chi connectivity index (χ3n) is 3.81. The third-order valence-corrected chi connectivity index (χ3v) is 5.35. The average Bonchev–Trinajstić information content (AvgIpc) is 2.93. The molecule has 0 aromatic heterocycles. The molecule has 2 unspecified atom stereocenters. The van der Waals surface area contributed by atoms with Crippen LogP contribution in [0.3, 0.4) is 0 Å². The number of urea groups is 1. The molecule has 1 fully saturated rings. The summed E-state index contributed by atoms with van der Waals surface area (Å²) in [6.07, 6.45) is 2.37. The Balaban J connectivity index is 1.63. The second kappa shape index (κ2) is 7.71. The van der Waals surface area contributed by atoms with Crippen LogP contribution in [0.5, 0.6) is 0 Å². The summed E-state index contributed by atoms with van der Waals surface area (Å²) in [5.41, 5.74) is 0.884. The van der Waals surface area contributed by atoms with Gasteiger partial charge < -0.3 is 15.7 Å². The zero-order valence-corrected chi connectivity index (χ0v) is 13.3. The normalized spacial score (nSPS) is 22.8.